The van der Waals surface area contributed by atoms with Gasteiger partial charge in [-0.2, -0.15) is 0 Å². The zero-order valence-electron chi connectivity index (χ0n) is 11.5. The highest BCUT2D eigenvalue weighted by molar-refractivity contribution is 6.34. The zero-order chi connectivity index (χ0) is 15.4. The summed E-state index contributed by atoms with van der Waals surface area (Å²) in [5.74, 6) is 4.88. The number of anilines is 1. The van der Waals surface area contributed by atoms with Gasteiger partial charge in [0, 0.05) is 24.7 Å². The summed E-state index contributed by atoms with van der Waals surface area (Å²) in [6, 6.07) is 2.56. The molecule has 0 aliphatic rings. The molecule has 0 aliphatic carbocycles. The van der Waals surface area contributed by atoms with E-state index in [1.54, 1.807) is 7.05 Å². The Kier molecular flexibility index (Phi) is 5.29. The molecule has 7 nitrogen and oxygen atoms in total. The maximum atomic E-state index is 12.3. The Morgan fingerprint density at radius 1 is 1.60 bits per heavy atom. The summed E-state index contributed by atoms with van der Waals surface area (Å²) < 4.78 is 0. The fourth-order valence-electron chi connectivity index (χ4n) is 1.68. The number of hydrogen-bond donors (Lipinski definition) is 2. The van der Waals surface area contributed by atoms with Crippen molar-refractivity contribution in [3.63, 3.8) is 0 Å². The first-order valence-electron chi connectivity index (χ1n) is 6.05. The first kappa shape index (κ1) is 16.2. The molecule has 0 bridgehead atoms. The molecule has 0 saturated carbocycles. The van der Waals surface area contributed by atoms with Crippen molar-refractivity contribution in [1.82, 2.24) is 4.90 Å². The van der Waals surface area contributed by atoms with Crippen LogP contribution < -0.4 is 11.3 Å². The Balaban J connectivity index is 3.27. The van der Waals surface area contributed by atoms with E-state index in [-0.39, 0.29) is 33.9 Å². The average molecular weight is 301 g/mol. The zero-order valence-corrected chi connectivity index (χ0v) is 12.3. The Labute approximate surface area is 121 Å². The van der Waals surface area contributed by atoms with Crippen molar-refractivity contribution in [1.29, 1.82) is 0 Å². The molecule has 110 valence electrons. The van der Waals surface area contributed by atoms with E-state index in [2.05, 4.69) is 5.43 Å². The maximum Gasteiger partial charge on any atom is 0.295 e. The largest absolute Gasteiger partial charge is 0.339 e. The number of carbonyl (C=O) groups excluding carboxylic acids is 1. The van der Waals surface area contributed by atoms with Crippen LogP contribution in [0.3, 0.4) is 0 Å². The fourth-order valence-corrected chi connectivity index (χ4v) is 1.95. The quantitative estimate of drug-likeness (QED) is 0.494. The number of benzene rings is 1. The molecule has 1 amide bonds. The molecule has 1 unspecified atom stereocenters. The second-order valence-electron chi connectivity index (χ2n) is 4.43. The third kappa shape index (κ3) is 3.17. The number of nitro benzene ring substituents is 1. The lowest BCUT2D eigenvalue weighted by Gasteiger charge is -2.24. The van der Waals surface area contributed by atoms with Crippen LogP contribution in [0.4, 0.5) is 11.4 Å². The molecule has 1 atom stereocenters. The predicted molar refractivity (Wildman–Crippen MR) is 77.8 cm³/mol. The summed E-state index contributed by atoms with van der Waals surface area (Å²) in [4.78, 5) is 24.1. The number of nitrogen functional groups attached to an aromatic ring is 1. The minimum Gasteiger partial charge on any atom is -0.339 e. The number of halogens is 1. The van der Waals surface area contributed by atoms with Crippen LogP contribution in [-0.4, -0.2) is 28.8 Å². The van der Waals surface area contributed by atoms with Gasteiger partial charge in [-0.25, -0.2) is 0 Å². The van der Waals surface area contributed by atoms with Crippen molar-refractivity contribution in [2.75, 3.05) is 12.5 Å². The molecule has 1 aromatic carbocycles. The monoisotopic (exact) mass is 300 g/mol. The van der Waals surface area contributed by atoms with Crippen molar-refractivity contribution in [2.45, 2.75) is 26.3 Å². The molecule has 0 radical (unpaired) electrons. The molecule has 3 N–H and O–H groups in total. The Morgan fingerprint density at radius 2 is 2.20 bits per heavy atom. The van der Waals surface area contributed by atoms with Gasteiger partial charge in [0.25, 0.3) is 11.6 Å². The van der Waals surface area contributed by atoms with Crippen molar-refractivity contribution in [3.8, 4) is 0 Å². The van der Waals surface area contributed by atoms with E-state index in [0.29, 0.717) is 0 Å². The van der Waals surface area contributed by atoms with Gasteiger partial charge < -0.3 is 10.3 Å². The van der Waals surface area contributed by atoms with Gasteiger partial charge in [0.2, 0.25) is 0 Å². The topological polar surface area (TPSA) is 102 Å². The summed E-state index contributed by atoms with van der Waals surface area (Å²) in [6.45, 7) is 3.84. The van der Waals surface area contributed by atoms with Gasteiger partial charge in [-0.3, -0.25) is 20.8 Å². The molecular weight excluding hydrogens is 284 g/mol. The highest BCUT2D eigenvalue weighted by Gasteiger charge is 2.23. The number of nitrogens with zero attached hydrogens (tertiary/aromatic N) is 2. The minimum absolute atomic E-state index is 0.0144. The van der Waals surface area contributed by atoms with Crippen LogP contribution in [0.15, 0.2) is 12.1 Å². The molecule has 0 saturated heterocycles. The van der Waals surface area contributed by atoms with E-state index in [1.807, 2.05) is 13.8 Å². The molecule has 1 rings (SSSR count). The lowest BCUT2D eigenvalue weighted by Crippen LogP contribution is -2.34. The Bertz CT molecular complexity index is 536. The number of nitrogens with two attached hydrogens (primary N) is 1. The summed E-state index contributed by atoms with van der Waals surface area (Å²) in [5.41, 5.74) is 1.99. The molecule has 8 heteroatoms. The first-order valence-corrected chi connectivity index (χ1v) is 6.42. The number of nitrogens with one attached hydrogen (secondary N) is 1. The fraction of sp³-hybridized carbons (Fsp3) is 0.417. The van der Waals surface area contributed by atoms with Crippen molar-refractivity contribution in [2.24, 2.45) is 5.84 Å². The average Bonchev–Trinajstić information content (AvgIpc) is 2.43. The summed E-state index contributed by atoms with van der Waals surface area (Å²) >= 11 is 5.92. The van der Waals surface area contributed by atoms with Gasteiger partial charge in [-0.1, -0.05) is 18.5 Å². The minimum atomic E-state index is -0.638. The van der Waals surface area contributed by atoms with E-state index in [0.717, 1.165) is 6.42 Å². The van der Waals surface area contributed by atoms with E-state index >= 15 is 0 Å². The van der Waals surface area contributed by atoms with Gasteiger partial charge in [-0.05, 0) is 19.4 Å². The molecule has 0 fully saturated rings. The molecule has 0 aromatic heterocycles. The molecule has 1 aromatic rings. The van der Waals surface area contributed by atoms with Crippen molar-refractivity contribution < 1.29 is 9.72 Å². The molecular formula is C12H17ClN4O3. The van der Waals surface area contributed by atoms with Crippen molar-refractivity contribution in [3.05, 3.63) is 32.8 Å². The summed E-state index contributed by atoms with van der Waals surface area (Å²) in [5, 5.41) is 11.0. The van der Waals surface area contributed by atoms with Crippen LogP contribution in [0.5, 0.6) is 0 Å². The van der Waals surface area contributed by atoms with Crippen LogP contribution in [-0.2, 0) is 0 Å². The highest BCUT2D eigenvalue weighted by Crippen LogP contribution is 2.33. The smallest absolute Gasteiger partial charge is 0.295 e. The van der Waals surface area contributed by atoms with E-state index in [1.165, 1.54) is 17.0 Å². The van der Waals surface area contributed by atoms with E-state index in [4.69, 9.17) is 17.4 Å². The van der Waals surface area contributed by atoms with E-state index < -0.39 is 4.92 Å². The van der Waals surface area contributed by atoms with Gasteiger partial charge in [-0.15, -0.1) is 0 Å². The maximum absolute atomic E-state index is 12.3. The van der Waals surface area contributed by atoms with Gasteiger partial charge in [0.05, 0.1) is 9.95 Å². The summed E-state index contributed by atoms with van der Waals surface area (Å²) in [6.07, 6.45) is 0.778. The van der Waals surface area contributed by atoms with Crippen LogP contribution in [0, 0.1) is 10.1 Å². The van der Waals surface area contributed by atoms with Crippen molar-refractivity contribution >= 4 is 28.9 Å². The third-order valence-electron chi connectivity index (χ3n) is 3.23. The molecule has 0 aliphatic heterocycles. The highest BCUT2D eigenvalue weighted by atomic mass is 35.5. The third-order valence-corrected chi connectivity index (χ3v) is 3.53. The predicted octanol–water partition coefficient (Wildman–Crippen LogP) is 2.40. The Morgan fingerprint density at radius 3 is 2.65 bits per heavy atom. The lowest BCUT2D eigenvalue weighted by atomic mass is 10.1. The second-order valence-corrected chi connectivity index (χ2v) is 4.83. The second kappa shape index (κ2) is 6.53. The van der Waals surface area contributed by atoms with Crippen LogP contribution in [0.25, 0.3) is 0 Å². The number of carbonyl (C=O) groups is 1. The normalized spacial score (nSPS) is 11.8. The standard InChI is InChI=1S/C12H17ClN4O3/c1-4-7(2)16(3)12(18)8-5-9(13)11(15-14)10(6-8)17(19)20/h5-7,15H,4,14H2,1-3H3. The molecule has 0 heterocycles. The number of rotatable bonds is 5. The van der Waals surface area contributed by atoms with Crippen LogP contribution >= 0.6 is 11.6 Å². The molecule has 20 heavy (non-hydrogen) atoms. The van der Waals surface area contributed by atoms with Gasteiger partial charge in [0.1, 0.15) is 5.69 Å². The SMILES string of the molecule is CCC(C)N(C)C(=O)c1cc(Cl)c(NN)c([N+](=O)[O-])c1. The van der Waals surface area contributed by atoms with Crippen LogP contribution in [0.2, 0.25) is 5.02 Å². The first-order chi connectivity index (χ1) is 9.33. The number of nitro groups is 1. The number of hydrogen-bond acceptors (Lipinski definition) is 5. The number of amides is 1. The Hall–Kier alpha value is -1.86. The van der Waals surface area contributed by atoms with Gasteiger partial charge in [0.15, 0.2) is 0 Å². The summed E-state index contributed by atoms with van der Waals surface area (Å²) in [7, 11) is 1.64. The lowest BCUT2D eigenvalue weighted by molar-refractivity contribution is -0.384. The van der Waals surface area contributed by atoms with Crippen LogP contribution in [0.1, 0.15) is 30.6 Å². The molecule has 0 spiro atoms. The number of hydrazine groups is 1. The van der Waals surface area contributed by atoms with E-state index in [9.17, 15) is 14.9 Å². The van der Waals surface area contributed by atoms with Gasteiger partial charge >= 0.3 is 0 Å².